The van der Waals surface area contributed by atoms with Crippen LogP contribution >= 0.6 is 11.8 Å². The van der Waals surface area contributed by atoms with Crippen molar-refractivity contribution < 1.29 is 9.53 Å². The second kappa shape index (κ2) is 5.39. The minimum absolute atomic E-state index is 0.0564. The molecule has 1 aliphatic rings. The molecule has 1 aromatic rings. The SMILES string of the molecule is COc1ccc(C(C=O)C2CCSC2)cc1. The summed E-state index contributed by atoms with van der Waals surface area (Å²) in [5.74, 6) is 3.70. The largest absolute Gasteiger partial charge is 0.497 e. The molecule has 2 atom stereocenters. The van der Waals surface area contributed by atoms with Gasteiger partial charge in [0.1, 0.15) is 12.0 Å². The predicted molar refractivity (Wildman–Crippen MR) is 67.2 cm³/mol. The number of carbonyl (C=O) groups excluding carboxylic acids is 1. The van der Waals surface area contributed by atoms with Crippen LogP contribution in [-0.4, -0.2) is 24.9 Å². The van der Waals surface area contributed by atoms with Crippen molar-refractivity contribution in [3.8, 4) is 5.75 Å². The van der Waals surface area contributed by atoms with Gasteiger partial charge in [0.2, 0.25) is 0 Å². The van der Waals surface area contributed by atoms with E-state index in [1.165, 1.54) is 5.75 Å². The monoisotopic (exact) mass is 236 g/mol. The van der Waals surface area contributed by atoms with Gasteiger partial charge < -0.3 is 9.53 Å². The van der Waals surface area contributed by atoms with Crippen molar-refractivity contribution >= 4 is 18.0 Å². The fraction of sp³-hybridized carbons (Fsp3) is 0.462. The zero-order valence-electron chi connectivity index (χ0n) is 9.39. The summed E-state index contributed by atoms with van der Waals surface area (Å²) in [6.07, 6.45) is 2.25. The molecule has 0 bridgehead atoms. The smallest absolute Gasteiger partial charge is 0.127 e. The maximum absolute atomic E-state index is 11.2. The minimum atomic E-state index is 0.0564. The average molecular weight is 236 g/mol. The summed E-state index contributed by atoms with van der Waals surface area (Å²) in [6.45, 7) is 0. The summed E-state index contributed by atoms with van der Waals surface area (Å²) in [6, 6.07) is 7.85. The lowest BCUT2D eigenvalue weighted by Gasteiger charge is -2.17. The van der Waals surface area contributed by atoms with Crippen LogP contribution in [0.25, 0.3) is 0 Å². The first-order chi connectivity index (χ1) is 7.85. The third kappa shape index (κ3) is 2.40. The number of methoxy groups -OCH3 is 1. The Labute approximate surface area is 100 Å². The standard InChI is InChI=1S/C13H16O2S/c1-15-12-4-2-10(3-5-12)13(8-14)11-6-7-16-9-11/h2-5,8,11,13H,6-7,9H2,1H3. The van der Waals surface area contributed by atoms with Crippen molar-refractivity contribution in [3.05, 3.63) is 29.8 Å². The van der Waals surface area contributed by atoms with Crippen LogP contribution in [0.5, 0.6) is 5.75 Å². The van der Waals surface area contributed by atoms with Gasteiger partial charge in [-0.2, -0.15) is 11.8 Å². The molecule has 86 valence electrons. The van der Waals surface area contributed by atoms with Crippen LogP contribution in [0.3, 0.4) is 0 Å². The van der Waals surface area contributed by atoms with Gasteiger partial charge in [-0.05, 0) is 41.5 Å². The van der Waals surface area contributed by atoms with Crippen LogP contribution in [0.2, 0.25) is 0 Å². The van der Waals surface area contributed by atoms with E-state index in [2.05, 4.69) is 0 Å². The van der Waals surface area contributed by atoms with Gasteiger partial charge >= 0.3 is 0 Å². The molecule has 1 fully saturated rings. The number of rotatable bonds is 4. The Morgan fingerprint density at radius 2 is 2.19 bits per heavy atom. The van der Waals surface area contributed by atoms with Crippen LogP contribution in [-0.2, 0) is 4.79 Å². The van der Waals surface area contributed by atoms with Gasteiger partial charge in [0.15, 0.2) is 0 Å². The molecule has 3 heteroatoms. The zero-order valence-corrected chi connectivity index (χ0v) is 10.2. The Balaban J connectivity index is 2.15. The number of carbonyl (C=O) groups is 1. The number of benzene rings is 1. The molecule has 0 N–H and O–H groups in total. The van der Waals surface area contributed by atoms with E-state index in [9.17, 15) is 4.79 Å². The van der Waals surface area contributed by atoms with E-state index in [1.807, 2.05) is 36.0 Å². The maximum atomic E-state index is 11.2. The van der Waals surface area contributed by atoms with Crippen LogP contribution < -0.4 is 4.74 Å². The topological polar surface area (TPSA) is 26.3 Å². The highest BCUT2D eigenvalue weighted by Gasteiger charge is 2.26. The number of thioether (sulfide) groups is 1. The maximum Gasteiger partial charge on any atom is 0.127 e. The van der Waals surface area contributed by atoms with Crippen LogP contribution in [0.4, 0.5) is 0 Å². The minimum Gasteiger partial charge on any atom is -0.497 e. The van der Waals surface area contributed by atoms with E-state index < -0.39 is 0 Å². The average Bonchev–Trinajstić information content (AvgIpc) is 2.85. The first-order valence-electron chi connectivity index (χ1n) is 5.52. The second-order valence-corrected chi connectivity index (χ2v) is 5.21. The molecular weight excluding hydrogens is 220 g/mol. The van der Waals surface area contributed by atoms with Crippen molar-refractivity contribution in [1.82, 2.24) is 0 Å². The van der Waals surface area contributed by atoms with Crippen molar-refractivity contribution in [2.45, 2.75) is 12.3 Å². The summed E-state index contributed by atoms with van der Waals surface area (Å²) < 4.78 is 5.12. The molecule has 0 aromatic heterocycles. The molecule has 2 nitrogen and oxygen atoms in total. The van der Waals surface area contributed by atoms with E-state index in [0.29, 0.717) is 5.92 Å². The quantitative estimate of drug-likeness (QED) is 0.752. The number of aldehydes is 1. The Bertz CT molecular complexity index is 341. The van der Waals surface area contributed by atoms with Crippen molar-refractivity contribution in [2.75, 3.05) is 18.6 Å². The highest BCUT2D eigenvalue weighted by Crippen LogP contribution is 2.34. The number of hydrogen-bond donors (Lipinski definition) is 0. The summed E-state index contributed by atoms with van der Waals surface area (Å²) in [5, 5.41) is 0. The van der Waals surface area contributed by atoms with E-state index in [1.54, 1.807) is 7.11 Å². The van der Waals surface area contributed by atoms with E-state index in [0.717, 1.165) is 29.8 Å². The Morgan fingerprint density at radius 3 is 2.69 bits per heavy atom. The van der Waals surface area contributed by atoms with Gasteiger partial charge in [0.05, 0.1) is 7.11 Å². The van der Waals surface area contributed by atoms with Crippen LogP contribution in [0, 0.1) is 5.92 Å². The van der Waals surface area contributed by atoms with Crippen molar-refractivity contribution in [3.63, 3.8) is 0 Å². The molecule has 1 saturated heterocycles. The lowest BCUT2D eigenvalue weighted by Crippen LogP contribution is -2.13. The van der Waals surface area contributed by atoms with E-state index in [4.69, 9.17) is 4.74 Å². The molecular formula is C13H16O2S. The third-order valence-corrected chi connectivity index (χ3v) is 4.31. The van der Waals surface area contributed by atoms with Crippen LogP contribution in [0.1, 0.15) is 17.9 Å². The predicted octanol–water partition coefficient (Wildman–Crippen LogP) is 2.73. The Hall–Kier alpha value is -0.960. The van der Waals surface area contributed by atoms with Gasteiger partial charge in [-0.15, -0.1) is 0 Å². The molecule has 0 saturated carbocycles. The van der Waals surface area contributed by atoms with Crippen molar-refractivity contribution in [1.29, 1.82) is 0 Å². The van der Waals surface area contributed by atoms with E-state index >= 15 is 0 Å². The number of hydrogen-bond acceptors (Lipinski definition) is 3. The normalized spacial score (nSPS) is 21.7. The molecule has 2 unspecified atom stereocenters. The molecule has 1 aromatic carbocycles. The highest BCUT2D eigenvalue weighted by atomic mass is 32.2. The molecule has 0 radical (unpaired) electrons. The summed E-state index contributed by atoms with van der Waals surface area (Å²) in [4.78, 5) is 11.2. The molecule has 2 rings (SSSR count). The summed E-state index contributed by atoms with van der Waals surface area (Å²) in [5.41, 5.74) is 1.11. The molecule has 0 spiro atoms. The van der Waals surface area contributed by atoms with Gasteiger partial charge in [0.25, 0.3) is 0 Å². The number of ether oxygens (including phenoxy) is 1. The molecule has 1 aliphatic heterocycles. The fourth-order valence-electron chi connectivity index (χ4n) is 2.12. The van der Waals surface area contributed by atoms with Gasteiger partial charge in [-0.1, -0.05) is 12.1 Å². The molecule has 0 amide bonds. The van der Waals surface area contributed by atoms with E-state index in [-0.39, 0.29) is 5.92 Å². The lowest BCUT2D eigenvalue weighted by molar-refractivity contribution is -0.109. The van der Waals surface area contributed by atoms with Crippen LogP contribution in [0.15, 0.2) is 24.3 Å². The first-order valence-corrected chi connectivity index (χ1v) is 6.67. The Kier molecular flexibility index (Phi) is 3.88. The molecule has 1 heterocycles. The lowest BCUT2D eigenvalue weighted by atomic mass is 9.87. The molecule has 0 aliphatic carbocycles. The highest BCUT2D eigenvalue weighted by molar-refractivity contribution is 7.99. The third-order valence-electron chi connectivity index (χ3n) is 3.12. The summed E-state index contributed by atoms with van der Waals surface area (Å²) in [7, 11) is 1.65. The van der Waals surface area contributed by atoms with Gasteiger partial charge in [-0.3, -0.25) is 0 Å². The molecule has 16 heavy (non-hydrogen) atoms. The Morgan fingerprint density at radius 1 is 1.44 bits per heavy atom. The first kappa shape index (κ1) is 11.5. The van der Waals surface area contributed by atoms with Gasteiger partial charge in [0, 0.05) is 5.92 Å². The fourth-order valence-corrected chi connectivity index (χ4v) is 3.44. The summed E-state index contributed by atoms with van der Waals surface area (Å²) >= 11 is 1.94. The van der Waals surface area contributed by atoms with Gasteiger partial charge in [-0.25, -0.2) is 0 Å². The van der Waals surface area contributed by atoms with Crippen molar-refractivity contribution in [2.24, 2.45) is 5.92 Å². The zero-order chi connectivity index (χ0) is 11.4. The second-order valence-electron chi connectivity index (χ2n) is 4.06.